The Morgan fingerprint density at radius 1 is 1.47 bits per heavy atom. The maximum atomic E-state index is 5.80. The highest BCUT2D eigenvalue weighted by Gasteiger charge is 2.50. The molecule has 1 rings (SSSR count). The summed E-state index contributed by atoms with van der Waals surface area (Å²) < 4.78 is 5.80. The van der Waals surface area contributed by atoms with E-state index in [1.54, 1.807) is 0 Å². The highest BCUT2D eigenvalue weighted by molar-refractivity contribution is 7.37. The van der Waals surface area contributed by atoms with Gasteiger partial charge in [0, 0.05) is 11.3 Å². The van der Waals surface area contributed by atoms with Crippen molar-refractivity contribution in [3.63, 3.8) is 0 Å². The number of nitrogens with one attached hydrogen (secondary N) is 1. The number of epoxide rings is 1. The zero-order valence-electron chi connectivity index (χ0n) is 10.8. The zero-order valence-corrected chi connectivity index (χ0v) is 11.8. The molecule has 0 aliphatic carbocycles. The third-order valence-electron chi connectivity index (χ3n) is 3.50. The van der Waals surface area contributed by atoms with Gasteiger partial charge in [-0.15, -0.1) is 8.58 Å². The molecule has 1 aliphatic heterocycles. The van der Waals surface area contributed by atoms with Gasteiger partial charge in [-0.25, -0.2) is 0 Å². The molecule has 90 valence electrons. The van der Waals surface area contributed by atoms with Crippen molar-refractivity contribution in [2.45, 2.75) is 70.5 Å². The molecule has 0 saturated carbocycles. The summed E-state index contributed by atoms with van der Waals surface area (Å²) >= 11 is 0. The molecule has 5 atom stereocenters. The molecule has 0 spiro atoms. The van der Waals surface area contributed by atoms with Gasteiger partial charge in [0.25, 0.3) is 0 Å². The monoisotopic (exact) mass is 231 g/mol. The lowest BCUT2D eigenvalue weighted by Gasteiger charge is -2.31. The van der Waals surface area contributed by atoms with E-state index in [0.717, 1.165) is 15.0 Å². The zero-order chi connectivity index (χ0) is 11.5. The van der Waals surface area contributed by atoms with Crippen LogP contribution in [0.5, 0.6) is 0 Å². The van der Waals surface area contributed by atoms with Crippen LogP contribution in [0.1, 0.15) is 47.0 Å². The molecule has 2 nitrogen and oxygen atoms in total. The molecule has 1 fully saturated rings. The van der Waals surface area contributed by atoms with Gasteiger partial charge in [-0.2, -0.15) is 0 Å². The minimum absolute atomic E-state index is 0.183. The van der Waals surface area contributed by atoms with Crippen molar-refractivity contribution >= 4 is 8.58 Å². The van der Waals surface area contributed by atoms with E-state index in [1.165, 1.54) is 12.8 Å². The van der Waals surface area contributed by atoms with Crippen molar-refractivity contribution in [3.8, 4) is 0 Å². The lowest BCUT2D eigenvalue weighted by Crippen LogP contribution is -2.50. The van der Waals surface area contributed by atoms with Crippen molar-refractivity contribution < 1.29 is 4.74 Å². The Hall–Kier alpha value is 0.350. The Morgan fingerprint density at radius 3 is 2.60 bits per heavy atom. The molecule has 0 aromatic heterocycles. The Bertz CT molecular complexity index is 200. The van der Waals surface area contributed by atoms with Crippen LogP contribution in [0.15, 0.2) is 0 Å². The van der Waals surface area contributed by atoms with Gasteiger partial charge in [0.1, 0.15) is 6.10 Å². The molecule has 15 heavy (non-hydrogen) atoms. The molecule has 1 N–H and O–H groups in total. The van der Waals surface area contributed by atoms with Crippen LogP contribution >= 0.6 is 8.58 Å². The molecule has 5 unspecified atom stereocenters. The van der Waals surface area contributed by atoms with Crippen LogP contribution in [0.2, 0.25) is 0 Å². The van der Waals surface area contributed by atoms with Gasteiger partial charge in [-0.05, 0) is 33.4 Å². The van der Waals surface area contributed by atoms with E-state index in [9.17, 15) is 0 Å². The van der Waals surface area contributed by atoms with Crippen molar-refractivity contribution in [3.05, 3.63) is 0 Å². The molecule has 1 aliphatic rings. The largest absolute Gasteiger partial charge is 0.368 e. The standard InChI is InChI=1S/C12H26NOP/c1-6-8-10-11(14-10)12(4,7-2)13-9(3)15-5/h9-11,13,15H,6-8H2,1-5H3. The Labute approximate surface area is 96.3 Å². The minimum Gasteiger partial charge on any atom is -0.368 e. The second kappa shape index (κ2) is 5.61. The predicted octanol–water partition coefficient (Wildman–Crippen LogP) is 2.97. The van der Waals surface area contributed by atoms with Crippen LogP contribution in [0.3, 0.4) is 0 Å². The molecule has 0 aromatic rings. The molecule has 0 amide bonds. The van der Waals surface area contributed by atoms with E-state index in [0.29, 0.717) is 18.0 Å². The van der Waals surface area contributed by atoms with Gasteiger partial charge in [-0.3, -0.25) is 0 Å². The number of ether oxygens (including phenoxy) is 1. The van der Waals surface area contributed by atoms with Gasteiger partial charge < -0.3 is 10.1 Å². The number of hydrogen-bond donors (Lipinski definition) is 1. The fourth-order valence-electron chi connectivity index (χ4n) is 2.16. The molecule has 0 bridgehead atoms. The molecular formula is C12H26NOP. The third kappa shape index (κ3) is 3.41. The first-order chi connectivity index (χ1) is 7.07. The average Bonchev–Trinajstić information content (AvgIpc) is 2.98. The van der Waals surface area contributed by atoms with Crippen molar-refractivity contribution in [1.82, 2.24) is 5.32 Å². The Balaban J connectivity index is 2.47. The van der Waals surface area contributed by atoms with Crippen LogP contribution in [-0.4, -0.2) is 30.2 Å². The first kappa shape index (κ1) is 13.4. The second-order valence-electron chi connectivity index (χ2n) is 4.81. The van der Waals surface area contributed by atoms with Crippen molar-refractivity contribution in [2.24, 2.45) is 0 Å². The summed E-state index contributed by atoms with van der Waals surface area (Å²) in [6.07, 6.45) is 4.55. The summed E-state index contributed by atoms with van der Waals surface area (Å²) in [6, 6.07) is 0. The van der Waals surface area contributed by atoms with E-state index in [4.69, 9.17) is 4.74 Å². The molecule has 1 saturated heterocycles. The SMILES string of the molecule is CCCC1OC1C(C)(CC)NC(C)PC. The summed E-state index contributed by atoms with van der Waals surface area (Å²) in [6.45, 7) is 11.3. The first-order valence-electron chi connectivity index (χ1n) is 6.17. The molecule has 3 heteroatoms. The van der Waals surface area contributed by atoms with E-state index in [2.05, 4.69) is 39.7 Å². The van der Waals surface area contributed by atoms with E-state index < -0.39 is 0 Å². The molecule has 0 radical (unpaired) electrons. The van der Waals surface area contributed by atoms with E-state index in [-0.39, 0.29) is 5.54 Å². The van der Waals surface area contributed by atoms with Crippen LogP contribution in [0.25, 0.3) is 0 Å². The number of hydrogen-bond acceptors (Lipinski definition) is 2. The molecule has 0 aromatic carbocycles. The van der Waals surface area contributed by atoms with Gasteiger partial charge in [0.15, 0.2) is 0 Å². The summed E-state index contributed by atoms with van der Waals surface area (Å²) in [5, 5.41) is 3.73. The second-order valence-corrected chi connectivity index (χ2v) is 6.25. The summed E-state index contributed by atoms with van der Waals surface area (Å²) in [4.78, 5) is 0. The van der Waals surface area contributed by atoms with Gasteiger partial charge in [-0.1, -0.05) is 20.3 Å². The van der Waals surface area contributed by atoms with Gasteiger partial charge >= 0.3 is 0 Å². The summed E-state index contributed by atoms with van der Waals surface area (Å²) in [7, 11) is 0.955. The molecule has 1 heterocycles. The fourth-order valence-corrected chi connectivity index (χ4v) is 2.63. The average molecular weight is 231 g/mol. The van der Waals surface area contributed by atoms with Gasteiger partial charge in [0.2, 0.25) is 0 Å². The number of rotatable bonds is 7. The van der Waals surface area contributed by atoms with E-state index >= 15 is 0 Å². The topological polar surface area (TPSA) is 24.6 Å². The lowest BCUT2D eigenvalue weighted by atomic mass is 9.91. The predicted molar refractivity (Wildman–Crippen MR) is 69.1 cm³/mol. The lowest BCUT2D eigenvalue weighted by molar-refractivity contribution is 0.240. The van der Waals surface area contributed by atoms with Crippen LogP contribution in [-0.2, 0) is 4.74 Å². The first-order valence-corrected chi connectivity index (χ1v) is 7.75. The van der Waals surface area contributed by atoms with Crippen LogP contribution in [0, 0.1) is 0 Å². The smallest absolute Gasteiger partial charge is 0.102 e. The summed E-state index contributed by atoms with van der Waals surface area (Å²) in [5.41, 5.74) is 0.183. The Morgan fingerprint density at radius 2 is 2.13 bits per heavy atom. The fraction of sp³-hybridized carbons (Fsp3) is 1.00. The maximum absolute atomic E-state index is 5.80. The Kier molecular flexibility index (Phi) is 5.02. The van der Waals surface area contributed by atoms with Crippen LogP contribution < -0.4 is 5.32 Å². The van der Waals surface area contributed by atoms with Crippen molar-refractivity contribution in [1.29, 1.82) is 0 Å². The normalized spacial score (nSPS) is 31.8. The third-order valence-corrected chi connectivity index (χ3v) is 4.51. The highest BCUT2D eigenvalue weighted by Crippen LogP contribution is 2.38. The summed E-state index contributed by atoms with van der Waals surface area (Å²) in [5.74, 6) is 0.612. The molecular weight excluding hydrogens is 205 g/mol. The highest BCUT2D eigenvalue weighted by atomic mass is 31.1. The van der Waals surface area contributed by atoms with Crippen LogP contribution in [0.4, 0.5) is 0 Å². The minimum atomic E-state index is 0.183. The quantitative estimate of drug-likeness (QED) is 0.538. The maximum Gasteiger partial charge on any atom is 0.102 e. The van der Waals surface area contributed by atoms with Gasteiger partial charge in [0.05, 0.1) is 6.10 Å². The van der Waals surface area contributed by atoms with E-state index in [1.807, 2.05) is 0 Å². The van der Waals surface area contributed by atoms with Crippen molar-refractivity contribution in [2.75, 3.05) is 6.66 Å².